The number of rotatable bonds is 5. The molecule has 0 unspecified atom stereocenters. The van der Waals surface area contributed by atoms with E-state index < -0.39 is 6.10 Å². The van der Waals surface area contributed by atoms with Gasteiger partial charge in [0, 0.05) is 12.1 Å². The molecule has 100 valence electrons. The van der Waals surface area contributed by atoms with Crippen molar-refractivity contribution in [1.82, 2.24) is 5.32 Å². The average Bonchev–Trinajstić information content (AvgIpc) is 2.27. The minimum Gasteiger partial charge on any atom is -0.393 e. The first-order valence-electron chi connectivity index (χ1n) is 6.58. The molecular formula is C13H26N2O2. The molecule has 0 heterocycles. The Balaban J connectivity index is 2.12. The topological polar surface area (TPSA) is 53.8 Å². The second-order valence-electron chi connectivity index (χ2n) is 5.80. The largest absolute Gasteiger partial charge is 0.393 e. The lowest BCUT2D eigenvalue weighted by atomic mass is 9.99. The third-order valence-corrected chi connectivity index (χ3v) is 2.76. The van der Waals surface area contributed by atoms with E-state index in [1.165, 1.54) is 19.3 Å². The third kappa shape index (κ3) is 7.34. The van der Waals surface area contributed by atoms with Crippen LogP contribution in [0.3, 0.4) is 0 Å². The summed E-state index contributed by atoms with van der Waals surface area (Å²) in [4.78, 5) is 5.20. The molecule has 1 rings (SSSR count). The summed E-state index contributed by atoms with van der Waals surface area (Å²) in [5.41, 5.74) is 1.17. The Labute approximate surface area is 104 Å². The van der Waals surface area contributed by atoms with Gasteiger partial charge in [0.15, 0.2) is 0 Å². The molecule has 0 radical (unpaired) electrons. The molecule has 17 heavy (non-hydrogen) atoms. The van der Waals surface area contributed by atoms with Gasteiger partial charge in [-0.1, -0.05) is 11.6 Å². The predicted molar refractivity (Wildman–Crippen MR) is 70.2 cm³/mol. The van der Waals surface area contributed by atoms with E-state index >= 15 is 0 Å². The van der Waals surface area contributed by atoms with Crippen molar-refractivity contribution < 1.29 is 9.94 Å². The van der Waals surface area contributed by atoms with Gasteiger partial charge < -0.3 is 15.3 Å². The quantitative estimate of drug-likeness (QED) is 0.726. The zero-order valence-corrected chi connectivity index (χ0v) is 11.3. The fourth-order valence-corrected chi connectivity index (χ4v) is 1.75. The van der Waals surface area contributed by atoms with Crippen molar-refractivity contribution in [1.29, 1.82) is 0 Å². The van der Waals surface area contributed by atoms with E-state index in [4.69, 9.17) is 4.84 Å². The summed E-state index contributed by atoms with van der Waals surface area (Å²) in [6, 6.07) is 0. The fraction of sp³-hybridized carbons (Fsp3) is 0.923. The van der Waals surface area contributed by atoms with Gasteiger partial charge in [-0.2, -0.15) is 0 Å². The Morgan fingerprint density at radius 3 is 2.53 bits per heavy atom. The van der Waals surface area contributed by atoms with Crippen molar-refractivity contribution in [2.75, 3.05) is 13.2 Å². The molecule has 0 aromatic rings. The van der Waals surface area contributed by atoms with Gasteiger partial charge >= 0.3 is 0 Å². The summed E-state index contributed by atoms with van der Waals surface area (Å²) >= 11 is 0. The summed E-state index contributed by atoms with van der Waals surface area (Å²) in [7, 11) is 0. The monoisotopic (exact) mass is 242 g/mol. The van der Waals surface area contributed by atoms with Crippen LogP contribution < -0.4 is 5.32 Å². The minimum absolute atomic E-state index is 0.0241. The zero-order valence-electron chi connectivity index (χ0n) is 11.3. The van der Waals surface area contributed by atoms with E-state index in [0.717, 1.165) is 18.6 Å². The number of nitrogens with zero attached hydrogens (tertiary/aromatic N) is 1. The number of nitrogens with one attached hydrogen (secondary N) is 1. The maximum Gasteiger partial charge on any atom is 0.144 e. The summed E-state index contributed by atoms with van der Waals surface area (Å²) in [5, 5.41) is 17.0. The van der Waals surface area contributed by atoms with Crippen LogP contribution in [0.1, 0.15) is 52.9 Å². The van der Waals surface area contributed by atoms with Gasteiger partial charge in [0.1, 0.15) is 12.7 Å². The summed E-state index contributed by atoms with van der Waals surface area (Å²) < 4.78 is 0. The number of β-amino-alcohol motifs (C(OH)–C–C–N with tert-alkyl or cyclic N) is 1. The van der Waals surface area contributed by atoms with E-state index in [1.54, 1.807) is 0 Å². The number of oxime groups is 1. The van der Waals surface area contributed by atoms with Crippen LogP contribution in [0.15, 0.2) is 5.16 Å². The lowest BCUT2D eigenvalue weighted by Gasteiger charge is -2.22. The molecule has 4 nitrogen and oxygen atoms in total. The number of hydrogen-bond donors (Lipinski definition) is 2. The molecule has 0 aliphatic heterocycles. The molecule has 1 aliphatic rings. The molecule has 1 fully saturated rings. The van der Waals surface area contributed by atoms with E-state index in [9.17, 15) is 5.11 Å². The Kier molecular flexibility index (Phi) is 5.92. The van der Waals surface area contributed by atoms with Crippen molar-refractivity contribution in [3.8, 4) is 0 Å². The Hall–Kier alpha value is -0.610. The summed E-state index contributed by atoms with van der Waals surface area (Å²) in [6.07, 6.45) is 5.35. The van der Waals surface area contributed by atoms with Gasteiger partial charge in [0.05, 0.1) is 5.71 Å². The van der Waals surface area contributed by atoms with Crippen LogP contribution in [0.25, 0.3) is 0 Å². The normalized spacial score (nSPS) is 18.9. The molecule has 4 heteroatoms. The third-order valence-electron chi connectivity index (χ3n) is 2.76. The van der Waals surface area contributed by atoms with Crippen LogP contribution in [-0.4, -0.2) is 35.6 Å². The van der Waals surface area contributed by atoms with Gasteiger partial charge in [-0.25, -0.2) is 0 Å². The molecule has 1 aliphatic carbocycles. The van der Waals surface area contributed by atoms with Crippen molar-refractivity contribution in [2.45, 2.75) is 64.5 Å². The first kappa shape index (κ1) is 14.5. The maximum absolute atomic E-state index is 9.69. The summed E-state index contributed by atoms with van der Waals surface area (Å²) in [5.74, 6) is 0. The van der Waals surface area contributed by atoms with E-state index in [1.807, 2.05) is 0 Å². The molecule has 1 saturated carbocycles. The minimum atomic E-state index is -0.498. The van der Waals surface area contributed by atoms with E-state index in [0.29, 0.717) is 6.54 Å². The fourth-order valence-electron chi connectivity index (χ4n) is 1.75. The van der Waals surface area contributed by atoms with Crippen LogP contribution in [0.2, 0.25) is 0 Å². The smallest absolute Gasteiger partial charge is 0.144 e. The highest BCUT2D eigenvalue weighted by Crippen LogP contribution is 2.14. The van der Waals surface area contributed by atoms with E-state index in [-0.39, 0.29) is 12.1 Å². The second-order valence-corrected chi connectivity index (χ2v) is 5.80. The molecule has 0 saturated heterocycles. The van der Waals surface area contributed by atoms with Crippen molar-refractivity contribution in [3.63, 3.8) is 0 Å². The Morgan fingerprint density at radius 2 is 1.94 bits per heavy atom. The highest BCUT2D eigenvalue weighted by molar-refractivity contribution is 5.84. The standard InChI is InChI=1S/C13H26N2O2/c1-13(2,3)14-9-12(16)10-17-15-11-7-5-4-6-8-11/h12,14,16H,4-10H2,1-3H3/t12-/m1/s1. The molecule has 0 spiro atoms. The average molecular weight is 242 g/mol. The predicted octanol–water partition coefficient (Wildman–Crippen LogP) is 2.07. The van der Waals surface area contributed by atoms with Gasteiger partial charge in [0.2, 0.25) is 0 Å². The zero-order chi connectivity index (χ0) is 12.7. The molecule has 0 bridgehead atoms. The van der Waals surface area contributed by atoms with Crippen molar-refractivity contribution >= 4 is 5.71 Å². The SMILES string of the molecule is CC(C)(C)NC[C@@H](O)CON=C1CCCCC1. The maximum atomic E-state index is 9.69. The van der Waals surface area contributed by atoms with Gasteiger partial charge in [0.25, 0.3) is 0 Å². The molecule has 2 N–H and O–H groups in total. The van der Waals surface area contributed by atoms with Gasteiger partial charge in [-0.05, 0) is 46.5 Å². The van der Waals surface area contributed by atoms with Gasteiger partial charge in [-0.15, -0.1) is 0 Å². The van der Waals surface area contributed by atoms with Crippen LogP contribution in [0.5, 0.6) is 0 Å². The Bertz CT molecular complexity index is 238. The molecular weight excluding hydrogens is 216 g/mol. The molecule has 1 atom stereocenters. The lowest BCUT2D eigenvalue weighted by molar-refractivity contribution is 0.0366. The highest BCUT2D eigenvalue weighted by Gasteiger charge is 2.13. The van der Waals surface area contributed by atoms with Crippen LogP contribution in [0.4, 0.5) is 0 Å². The van der Waals surface area contributed by atoms with Gasteiger partial charge in [-0.3, -0.25) is 0 Å². The second kappa shape index (κ2) is 6.97. The van der Waals surface area contributed by atoms with E-state index in [2.05, 4.69) is 31.2 Å². The Morgan fingerprint density at radius 1 is 1.29 bits per heavy atom. The van der Waals surface area contributed by atoms with Crippen LogP contribution >= 0.6 is 0 Å². The molecule has 0 aromatic carbocycles. The number of aliphatic hydroxyl groups excluding tert-OH is 1. The van der Waals surface area contributed by atoms with Crippen molar-refractivity contribution in [3.05, 3.63) is 0 Å². The number of aliphatic hydroxyl groups is 1. The highest BCUT2D eigenvalue weighted by atomic mass is 16.6. The number of hydrogen-bond acceptors (Lipinski definition) is 4. The van der Waals surface area contributed by atoms with Crippen molar-refractivity contribution in [2.24, 2.45) is 5.16 Å². The first-order chi connectivity index (χ1) is 7.97. The van der Waals surface area contributed by atoms with Crippen LogP contribution in [0, 0.1) is 0 Å². The first-order valence-corrected chi connectivity index (χ1v) is 6.58. The van der Waals surface area contributed by atoms with Crippen LogP contribution in [-0.2, 0) is 4.84 Å². The summed E-state index contributed by atoms with van der Waals surface area (Å²) in [6.45, 7) is 7.02. The molecule has 0 aromatic heterocycles. The lowest BCUT2D eigenvalue weighted by Crippen LogP contribution is -2.42. The molecule has 0 amide bonds.